The number of nitrogens with two attached hydrogens (primary N) is 1. The first kappa shape index (κ1) is 8.68. The minimum atomic E-state index is -3.11. The van der Waals surface area contributed by atoms with Crippen molar-refractivity contribution in [2.24, 2.45) is 5.84 Å². The summed E-state index contributed by atoms with van der Waals surface area (Å²) in [5.41, 5.74) is 3.27. The lowest BCUT2D eigenvalue weighted by Gasteiger charge is -2.05. The van der Waals surface area contributed by atoms with Gasteiger partial charge in [0.25, 0.3) is 0 Å². The molecule has 0 saturated carbocycles. The van der Waals surface area contributed by atoms with Crippen molar-refractivity contribution in [3.63, 3.8) is 0 Å². The van der Waals surface area contributed by atoms with Crippen LogP contribution >= 0.6 is 0 Å². The Morgan fingerprint density at radius 1 is 1.38 bits per heavy atom. The molecule has 3 N–H and O–H groups in total. The minimum Gasteiger partial charge on any atom is -0.271 e. The van der Waals surface area contributed by atoms with E-state index in [0.29, 0.717) is 4.90 Å². The summed E-state index contributed by atoms with van der Waals surface area (Å²) in [4.78, 5) is 0.401. The summed E-state index contributed by atoms with van der Waals surface area (Å²) in [7, 11) is -3.11. The molecule has 0 radical (unpaired) electrons. The van der Waals surface area contributed by atoms with Gasteiger partial charge in [-0.05, 0) is 11.6 Å². The van der Waals surface area contributed by atoms with Crippen LogP contribution < -0.4 is 11.3 Å². The molecule has 4 nitrogen and oxygen atoms in total. The van der Waals surface area contributed by atoms with Crippen molar-refractivity contribution in [2.45, 2.75) is 10.9 Å². The molecule has 0 spiro atoms. The van der Waals surface area contributed by atoms with E-state index in [2.05, 4.69) is 5.43 Å². The normalized spacial score (nSPS) is 24.2. The van der Waals surface area contributed by atoms with Crippen molar-refractivity contribution in [3.05, 3.63) is 29.8 Å². The Kier molecular flexibility index (Phi) is 1.87. The Labute approximate surface area is 76.6 Å². The third kappa shape index (κ3) is 1.25. The fraction of sp³-hybridized carbons (Fsp3) is 0.250. The van der Waals surface area contributed by atoms with Gasteiger partial charge in [0.15, 0.2) is 9.84 Å². The first-order valence-corrected chi connectivity index (χ1v) is 5.58. The highest BCUT2D eigenvalue weighted by atomic mass is 32.2. The van der Waals surface area contributed by atoms with E-state index in [0.717, 1.165) is 5.56 Å². The first-order chi connectivity index (χ1) is 6.15. The van der Waals surface area contributed by atoms with Crippen LogP contribution in [0.1, 0.15) is 11.6 Å². The second-order valence-corrected chi connectivity index (χ2v) is 5.04. The van der Waals surface area contributed by atoms with Gasteiger partial charge in [-0.15, -0.1) is 0 Å². The predicted octanol–water partition coefficient (Wildman–Crippen LogP) is -0.0217. The fourth-order valence-electron chi connectivity index (χ4n) is 1.59. The summed E-state index contributed by atoms with van der Waals surface area (Å²) >= 11 is 0. The fourth-order valence-corrected chi connectivity index (χ4v) is 3.34. The van der Waals surface area contributed by atoms with Gasteiger partial charge in [-0.2, -0.15) is 0 Å². The number of fused-ring (bicyclic) bond motifs is 1. The van der Waals surface area contributed by atoms with Crippen molar-refractivity contribution in [2.75, 3.05) is 5.75 Å². The average Bonchev–Trinajstić information content (AvgIpc) is 2.39. The Balaban J connectivity index is 2.64. The van der Waals surface area contributed by atoms with E-state index < -0.39 is 9.84 Å². The van der Waals surface area contributed by atoms with Crippen LogP contribution in [-0.2, 0) is 9.84 Å². The number of hydrazine groups is 1. The molecule has 1 atom stereocenters. The second kappa shape index (κ2) is 2.80. The summed E-state index contributed by atoms with van der Waals surface area (Å²) < 4.78 is 23.1. The molecule has 5 heteroatoms. The molecular formula is C8H10N2O2S. The van der Waals surface area contributed by atoms with Crippen molar-refractivity contribution >= 4 is 9.84 Å². The van der Waals surface area contributed by atoms with Crippen molar-refractivity contribution in [1.29, 1.82) is 0 Å². The molecule has 1 aliphatic rings. The molecule has 1 heterocycles. The zero-order chi connectivity index (χ0) is 9.47. The largest absolute Gasteiger partial charge is 0.271 e. The molecule has 2 rings (SSSR count). The lowest BCUT2D eigenvalue weighted by Crippen LogP contribution is -2.28. The molecule has 1 aromatic carbocycles. The summed E-state index contributed by atoms with van der Waals surface area (Å²) in [6, 6.07) is 6.66. The van der Waals surface area contributed by atoms with Gasteiger partial charge in [0.05, 0.1) is 16.7 Å². The monoisotopic (exact) mass is 198 g/mol. The molecule has 1 aromatic rings. The van der Waals surface area contributed by atoms with Gasteiger partial charge in [0.1, 0.15) is 0 Å². The summed E-state index contributed by atoms with van der Waals surface area (Å²) in [6.45, 7) is 0. The highest BCUT2D eigenvalue weighted by molar-refractivity contribution is 7.91. The highest BCUT2D eigenvalue weighted by Gasteiger charge is 2.33. The second-order valence-electron chi connectivity index (χ2n) is 3.04. The predicted molar refractivity (Wildman–Crippen MR) is 48.6 cm³/mol. The van der Waals surface area contributed by atoms with Crippen LogP contribution in [0.5, 0.6) is 0 Å². The zero-order valence-electron chi connectivity index (χ0n) is 6.90. The average molecular weight is 198 g/mol. The Morgan fingerprint density at radius 2 is 2.08 bits per heavy atom. The maximum atomic E-state index is 11.5. The Bertz CT molecular complexity index is 428. The summed E-state index contributed by atoms with van der Waals surface area (Å²) in [5.74, 6) is 5.31. The van der Waals surface area contributed by atoms with E-state index in [1.807, 2.05) is 6.07 Å². The maximum Gasteiger partial charge on any atom is 0.180 e. The number of rotatable bonds is 1. The van der Waals surface area contributed by atoms with Gasteiger partial charge >= 0.3 is 0 Å². The van der Waals surface area contributed by atoms with E-state index in [1.165, 1.54) is 0 Å². The van der Waals surface area contributed by atoms with Crippen molar-refractivity contribution in [3.8, 4) is 0 Å². The standard InChI is InChI=1S/C8H10N2O2S/c9-10-7-5-13(11,12)8-4-2-1-3-6(7)8/h1-4,7,10H,5,9H2. The summed E-state index contributed by atoms with van der Waals surface area (Å²) in [6.07, 6.45) is 0. The zero-order valence-corrected chi connectivity index (χ0v) is 7.71. The molecule has 0 saturated heterocycles. The smallest absolute Gasteiger partial charge is 0.180 e. The molecule has 0 bridgehead atoms. The molecule has 0 fully saturated rings. The molecule has 1 unspecified atom stereocenters. The van der Waals surface area contributed by atoms with Gasteiger partial charge in [0, 0.05) is 0 Å². The molecule has 70 valence electrons. The number of sulfone groups is 1. The van der Waals surface area contributed by atoms with Crippen molar-refractivity contribution in [1.82, 2.24) is 5.43 Å². The van der Waals surface area contributed by atoms with E-state index in [1.54, 1.807) is 18.2 Å². The number of nitrogens with one attached hydrogen (secondary N) is 1. The molecular weight excluding hydrogens is 188 g/mol. The summed E-state index contributed by atoms with van der Waals surface area (Å²) in [5, 5.41) is 0. The lowest BCUT2D eigenvalue weighted by molar-refractivity contribution is 0.580. The maximum absolute atomic E-state index is 11.5. The number of benzene rings is 1. The van der Waals surface area contributed by atoms with Crippen LogP contribution in [0.3, 0.4) is 0 Å². The van der Waals surface area contributed by atoms with Crippen LogP contribution in [0.4, 0.5) is 0 Å². The van der Waals surface area contributed by atoms with E-state index >= 15 is 0 Å². The van der Waals surface area contributed by atoms with Gasteiger partial charge in [-0.25, -0.2) is 8.42 Å². The van der Waals surface area contributed by atoms with Crippen LogP contribution in [0, 0.1) is 0 Å². The van der Waals surface area contributed by atoms with Crippen LogP contribution in [0.25, 0.3) is 0 Å². The van der Waals surface area contributed by atoms with Crippen molar-refractivity contribution < 1.29 is 8.42 Å². The van der Waals surface area contributed by atoms with Crippen LogP contribution in [0.15, 0.2) is 29.2 Å². The molecule has 13 heavy (non-hydrogen) atoms. The lowest BCUT2D eigenvalue weighted by atomic mass is 10.1. The van der Waals surface area contributed by atoms with Gasteiger partial charge in [-0.3, -0.25) is 11.3 Å². The highest BCUT2D eigenvalue weighted by Crippen LogP contribution is 2.32. The van der Waals surface area contributed by atoms with Gasteiger partial charge < -0.3 is 0 Å². The molecule has 0 aromatic heterocycles. The van der Waals surface area contributed by atoms with E-state index in [-0.39, 0.29) is 11.8 Å². The molecule has 0 amide bonds. The quantitative estimate of drug-likeness (QED) is 0.491. The number of hydrogen-bond acceptors (Lipinski definition) is 4. The topological polar surface area (TPSA) is 72.2 Å². The third-order valence-electron chi connectivity index (χ3n) is 2.22. The molecule has 1 aliphatic heterocycles. The molecule has 0 aliphatic carbocycles. The first-order valence-electron chi connectivity index (χ1n) is 3.93. The number of hydrogen-bond donors (Lipinski definition) is 2. The van der Waals surface area contributed by atoms with Crippen LogP contribution in [0.2, 0.25) is 0 Å². The van der Waals surface area contributed by atoms with Gasteiger partial charge in [-0.1, -0.05) is 18.2 Å². The minimum absolute atomic E-state index is 0.0584. The van der Waals surface area contributed by atoms with Gasteiger partial charge in [0.2, 0.25) is 0 Å². The van der Waals surface area contributed by atoms with Crippen LogP contribution in [-0.4, -0.2) is 14.2 Å². The Hall–Kier alpha value is -0.910. The Morgan fingerprint density at radius 3 is 2.77 bits per heavy atom. The van der Waals surface area contributed by atoms with E-state index in [4.69, 9.17) is 5.84 Å². The van der Waals surface area contributed by atoms with E-state index in [9.17, 15) is 8.42 Å². The third-order valence-corrected chi connectivity index (χ3v) is 4.03. The SMILES string of the molecule is NNC1CS(=O)(=O)c2ccccc21.